The predicted molar refractivity (Wildman–Crippen MR) is 135 cm³/mol. The summed E-state index contributed by atoms with van der Waals surface area (Å²) in [7, 11) is 1.60. The highest BCUT2D eigenvalue weighted by Gasteiger charge is 2.72. The number of ether oxygens (including phenoxy) is 2. The molecular formula is C28H37N3O4. The monoisotopic (exact) mass is 479 g/mol. The van der Waals surface area contributed by atoms with Crippen molar-refractivity contribution in [3.63, 3.8) is 0 Å². The van der Waals surface area contributed by atoms with Gasteiger partial charge in [-0.1, -0.05) is 38.5 Å². The lowest BCUT2D eigenvalue weighted by Crippen LogP contribution is -2.57. The smallest absolute Gasteiger partial charge is 0.245 e. The number of amides is 2. The average Bonchev–Trinajstić information content (AvgIpc) is 3.48. The van der Waals surface area contributed by atoms with Gasteiger partial charge in [-0.05, 0) is 43.7 Å². The van der Waals surface area contributed by atoms with Crippen LogP contribution in [-0.2, 0) is 14.3 Å². The maximum atomic E-state index is 13.8. The van der Waals surface area contributed by atoms with E-state index in [0.717, 1.165) is 37.8 Å². The summed E-state index contributed by atoms with van der Waals surface area (Å²) in [4.78, 5) is 29.4. The fourth-order valence-electron chi connectivity index (χ4n) is 7.00. The second-order valence-corrected chi connectivity index (χ2v) is 10.6. The molecule has 2 N–H and O–H groups in total. The number of nitrogens with zero attached hydrogens (tertiary/aromatic N) is 1. The number of hydrogen-bond donors (Lipinski definition) is 2. The van der Waals surface area contributed by atoms with E-state index in [1.807, 2.05) is 23.1 Å². The van der Waals surface area contributed by atoms with Gasteiger partial charge < -0.3 is 25.0 Å². The molecule has 1 aliphatic carbocycles. The van der Waals surface area contributed by atoms with Crippen molar-refractivity contribution in [2.24, 2.45) is 17.8 Å². The third kappa shape index (κ3) is 3.94. The number of carbonyl (C=O) groups is 2. The first-order chi connectivity index (χ1) is 16.9. The minimum atomic E-state index is -0.733. The highest BCUT2D eigenvalue weighted by atomic mass is 16.5. The van der Waals surface area contributed by atoms with E-state index in [0.29, 0.717) is 23.9 Å². The van der Waals surface area contributed by atoms with Crippen molar-refractivity contribution in [1.82, 2.24) is 10.2 Å². The fraction of sp³-hybridized carbons (Fsp3) is 0.571. The summed E-state index contributed by atoms with van der Waals surface area (Å²) in [5, 5.41) is 6.41. The quantitative estimate of drug-likeness (QED) is 0.581. The first kappa shape index (κ1) is 23.9. The van der Waals surface area contributed by atoms with Crippen LogP contribution in [0.15, 0.2) is 49.2 Å². The molecule has 7 atom stereocenters. The normalized spacial score (nSPS) is 35.5. The minimum Gasteiger partial charge on any atom is -0.497 e. The highest BCUT2D eigenvalue weighted by Crippen LogP contribution is 2.61. The van der Waals surface area contributed by atoms with E-state index in [9.17, 15) is 9.59 Å². The summed E-state index contributed by atoms with van der Waals surface area (Å²) in [5.74, 6) is 0.382. The fourth-order valence-corrected chi connectivity index (χ4v) is 7.00. The molecule has 1 saturated carbocycles. The maximum Gasteiger partial charge on any atom is 0.245 e. The van der Waals surface area contributed by atoms with E-state index in [-0.39, 0.29) is 29.9 Å². The van der Waals surface area contributed by atoms with Crippen LogP contribution >= 0.6 is 0 Å². The molecule has 1 spiro atoms. The first-order valence-electron chi connectivity index (χ1n) is 12.9. The molecule has 2 amide bonds. The third-order valence-electron chi connectivity index (χ3n) is 8.63. The number of methoxy groups -OCH3 is 1. The van der Waals surface area contributed by atoms with Crippen LogP contribution < -0.4 is 15.4 Å². The summed E-state index contributed by atoms with van der Waals surface area (Å²) >= 11 is 0. The first-order valence-corrected chi connectivity index (χ1v) is 12.9. The van der Waals surface area contributed by atoms with E-state index in [4.69, 9.17) is 9.47 Å². The molecule has 2 bridgehead atoms. The molecule has 3 saturated heterocycles. The molecule has 35 heavy (non-hydrogen) atoms. The van der Waals surface area contributed by atoms with Gasteiger partial charge in [0.1, 0.15) is 17.4 Å². The SMILES string of the molecule is C=CCN1C(=C)C2C(C(=O)Nc3cccc(OC)c3)C3CCC2(O3)C1C(=O)NC1CCCCC1C. The van der Waals surface area contributed by atoms with Crippen LogP contribution in [0.1, 0.15) is 45.4 Å². The number of rotatable bonds is 7. The Labute approximate surface area is 207 Å². The summed E-state index contributed by atoms with van der Waals surface area (Å²) in [6, 6.07) is 7.01. The molecule has 1 aromatic carbocycles. The van der Waals surface area contributed by atoms with Crippen molar-refractivity contribution in [3.8, 4) is 5.75 Å². The maximum absolute atomic E-state index is 13.8. The van der Waals surface area contributed by atoms with Crippen molar-refractivity contribution < 1.29 is 19.1 Å². The van der Waals surface area contributed by atoms with E-state index in [1.54, 1.807) is 19.3 Å². The molecule has 188 valence electrons. The van der Waals surface area contributed by atoms with Gasteiger partial charge in [0.05, 0.1) is 19.1 Å². The Morgan fingerprint density at radius 1 is 1.26 bits per heavy atom. The number of nitrogens with one attached hydrogen (secondary N) is 2. The van der Waals surface area contributed by atoms with E-state index in [2.05, 4.69) is 30.7 Å². The Balaban J connectivity index is 1.41. The lowest BCUT2D eigenvalue weighted by atomic mass is 9.69. The number of likely N-dealkylation sites (tertiary alicyclic amines) is 1. The number of hydrogen-bond acceptors (Lipinski definition) is 5. The summed E-state index contributed by atoms with van der Waals surface area (Å²) < 4.78 is 11.9. The molecule has 0 aromatic heterocycles. The van der Waals surface area contributed by atoms with E-state index < -0.39 is 17.6 Å². The van der Waals surface area contributed by atoms with E-state index in [1.165, 1.54) is 6.42 Å². The third-order valence-corrected chi connectivity index (χ3v) is 8.63. The van der Waals surface area contributed by atoms with Gasteiger partial charge >= 0.3 is 0 Å². The Morgan fingerprint density at radius 3 is 2.80 bits per heavy atom. The predicted octanol–water partition coefficient (Wildman–Crippen LogP) is 3.88. The Morgan fingerprint density at radius 2 is 2.06 bits per heavy atom. The van der Waals surface area contributed by atoms with Crippen molar-refractivity contribution in [2.75, 3.05) is 19.0 Å². The molecular weight excluding hydrogens is 442 g/mol. The number of anilines is 1. The van der Waals surface area contributed by atoms with Crippen LogP contribution in [0.4, 0.5) is 5.69 Å². The highest BCUT2D eigenvalue weighted by molar-refractivity contribution is 5.95. The topological polar surface area (TPSA) is 79.9 Å². The van der Waals surface area contributed by atoms with Crippen LogP contribution in [-0.4, -0.2) is 54.2 Å². The second-order valence-electron chi connectivity index (χ2n) is 10.6. The van der Waals surface area contributed by atoms with Gasteiger partial charge in [0.15, 0.2) is 0 Å². The van der Waals surface area contributed by atoms with Gasteiger partial charge in [-0.25, -0.2) is 0 Å². The largest absolute Gasteiger partial charge is 0.497 e. The molecule has 7 unspecified atom stereocenters. The number of benzene rings is 1. The van der Waals surface area contributed by atoms with Crippen molar-refractivity contribution in [2.45, 2.75) is 69.2 Å². The lowest BCUT2D eigenvalue weighted by Gasteiger charge is -2.37. The van der Waals surface area contributed by atoms with Gasteiger partial charge in [-0.3, -0.25) is 9.59 Å². The Kier molecular flexibility index (Phi) is 6.38. The van der Waals surface area contributed by atoms with Crippen molar-refractivity contribution >= 4 is 17.5 Å². The Bertz CT molecular complexity index is 1030. The zero-order chi connectivity index (χ0) is 24.7. The number of fused-ring (bicyclic) bond motifs is 1. The number of carbonyl (C=O) groups excluding carboxylic acids is 2. The molecule has 5 rings (SSSR count). The summed E-state index contributed by atoms with van der Waals surface area (Å²) in [6.45, 7) is 11.0. The van der Waals surface area contributed by atoms with Gasteiger partial charge in [0.25, 0.3) is 0 Å². The standard InChI is InChI=1S/C28H37N3O4/c1-5-15-31-18(3)24-23(26(32)29-19-10-8-11-20(16-19)34-4)22-13-14-28(24,35-22)25(31)27(33)30-21-12-7-6-9-17(21)2/h5,8,10-11,16-17,21-25H,1,3,6-7,9,12-15H2,2,4H3,(H,29,32)(H,30,33). The van der Waals surface area contributed by atoms with Gasteiger partial charge in [0.2, 0.25) is 11.8 Å². The zero-order valence-corrected chi connectivity index (χ0v) is 20.8. The van der Waals surface area contributed by atoms with Crippen molar-refractivity contribution in [3.05, 3.63) is 49.2 Å². The second kappa shape index (κ2) is 9.34. The van der Waals surface area contributed by atoms with Crippen molar-refractivity contribution in [1.29, 1.82) is 0 Å². The molecule has 4 fully saturated rings. The molecule has 1 aromatic rings. The lowest BCUT2D eigenvalue weighted by molar-refractivity contribution is -0.134. The van der Waals surface area contributed by atoms with Crippen LogP contribution in [0.25, 0.3) is 0 Å². The zero-order valence-electron chi connectivity index (χ0n) is 20.8. The van der Waals surface area contributed by atoms with Crippen LogP contribution in [0.3, 0.4) is 0 Å². The van der Waals surface area contributed by atoms with E-state index >= 15 is 0 Å². The molecule has 0 radical (unpaired) electrons. The Hall–Kier alpha value is -2.80. The molecule has 7 nitrogen and oxygen atoms in total. The molecule has 3 heterocycles. The van der Waals surface area contributed by atoms with Gasteiger partial charge in [0, 0.05) is 36.0 Å². The van der Waals surface area contributed by atoms with Crippen LogP contribution in [0.5, 0.6) is 5.75 Å². The molecule has 7 heteroatoms. The molecule has 4 aliphatic rings. The van der Waals surface area contributed by atoms with Gasteiger partial charge in [-0.2, -0.15) is 0 Å². The average molecular weight is 480 g/mol. The summed E-state index contributed by atoms with van der Waals surface area (Å²) in [6.07, 6.45) is 7.58. The van der Waals surface area contributed by atoms with Crippen LogP contribution in [0.2, 0.25) is 0 Å². The summed E-state index contributed by atoms with van der Waals surface area (Å²) in [5.41, 5.74) is 0.747. The van der Waals surface area contributed by atoms with Crippen LogP contribution in [0, 0.1) is 17.8 Å². The minimum absolute atomic E-state index is 0.0104. The van der Waals surface area contributed by atoms with Gasteiger partial charge in [-0.15, -0.1) is 6.58 Å². The molecule has 3 aliphatic heterocycles.